The van der Waals surface area contributed by atoms with E-state index in [0.717, 1.165) is 24.2 Å². The summed E-state index contributed by atoms with van der Waals surface area (Å²) in [5, 5.41) is 2.53. The molecule has 4 nitrogen and oxygen atoms in total. The first-order valence-corrected chi connectivity index (χ1v) is 13.3. The van der Waals surface area contributed by atoms with Gasteiger partial charge in [0.1, 0.15) is 5.60 Å². The molecule has 1 aliphatic heterocycles. The van der Waals surface area contributed by atoms with Gasteiger partial charge in [-0.3, -0.25) is 0 Å². The van der Waals surface area contributed by atoms with Gasteiger partial charge in [0.05, 0.1) is 0 Å². The molecule has 0 amide bonds. The van der Waals surface area contributed by atoms with Gasteiger partial charge in [0.15, 0.2) is 0 Å². The molecular weight excluding hydrogens is 454 g/mol. The Hall–Kier alpha value is -3.50. The van der Waals surface area contributed by atoms with E-state index in [0.29, 0.717) is 0 Å². The molecule has 0 aromatic heterocycles. The first-order valence-electron chi connectivity index (χ1n) is 13.3. The van der Waals surface area contributed by atoms with Crippen LogP contribution >= 0.6 is 0 Å². The van der Waals surface area contributed by atoms with Gasteiger partial charge in [0, 0.05) is 76.4 Å². The highest BCUT2D eigenvalue weighted by molar-refractivity contribution is 5.97. The van der Waals surface area contributed by atoms with E-state index in [1.165, 1.54) is 52.7 Å². The summed E-state index contributed by atoms with van der Waals surface area (Å²) in [4.78, 5) is 6.82. The van der Waals surface area contributed by atoms with Crippen LogP contribution in [0.5, 0.6) is 0 Å². The molecule has 1 heterocycles. The Bertz CT molecular complexity index is 1290. The molecule has 0 bridgehead atoms. The standard InChI is InChI=1S/C33H39N3O/c1-34(2)27-17-13-25(14-18-27)33(37-5,26-15-19-28(20-16-26)35(3)4)31-21-22-32(36-23-9-6-10-24-36)30-12-8-7-11-29(30)31/h7-8,11-22H,6,9-10,23-24H2,1-5H3. The van der Waals surface area contributed by atoms with Crippen LogP contribution in [0.15, 0.2) is 84.9 Å². The maximum absolute atomic E-state index is 6.65. The Balaban J connectivity index is 1.76. The zero-order valence-corrected chi connectivity index (χ0v) is 22.9. The summed E-state index contributed by atoms with van der Waals surface area (Å²) in [6.07, 6.45) is 3.84. The fraction of sp³-hybridized carbons (Fsp3) is 0.333. The molecule has 0 unspecified atom stereocenters. The van der Waals surface area contributed by atoms with Gasteiger partial charge >= 0.3 is 0 Å². The molecule has 0 spiro atoms. The van der Waals surface area contributed by atoms with Gasteiger partial charge in [-0.2, -0.15) is 0 Å². The van der Waals surface area contributed by atoms with Crippen molar-refractivity contribution in [1.29, 1.82) is 0 Å². The lowest BCUT2D eigenvalue weighted by atomic mass is 9.77. The summed E-state index contributed by atoms with van der Waals surface area (Å²) >= 11 is 0. The third-order valence-corrected chi connectivity index (χ3v) is 7.86. The number of methoxy groups -OCH3 is 1. The summed E-state index contributed by atoms with van der Waals surface area (Å²) in [5.41, 5.74) is 6.32. The lowest BCUT2D eigenvalue weighted by Gasteiger charge is -2.37. The Morgan fingerprint density at radius 3 is 1.62 bits per heavy atom. The fourth-order valence-corrected chi connectivity index (χ4v) is 5.81. The number of rotatable bonds is 7. The van der Waals surface area contributed by atoms with Gasteiger partial charge in [-0.05, 0) is 66.1 Å². The Kier molecular flexibility index (Phi) is 7.12. The molecule has 0 radical (unpaired) electrons. The SMILES string of the molecule is COC(c1ccc(N(C)C)cc1)(c1ccc(N(C)C)cc1)c1ccc(N2CCCCC2)c2ccccc12. The van der Waals surface area contributed by atoms with Crippen LogP contribution in [0.1, 0.15) is 36.0 Å². The molecule has 5 rings (SSSR count). The molecular formula is C33H39N3O. The van der Waals surface area contributed by atoms with E-state index in [2.05, 4.69) is 128 Å². The van der Waals surface area contributed by atoms with Gasteiger partial charge in [0.25, 0.3) is 0 Å². The zero-order chi connectivity index (χ0) is 26.0. The second kappa shape index (κ2) is 10.5. The highest BCUT2D eigenvalue weighted by atomic mass is 16.5. The van der Waals surface area contributed by atoms with Crippen LogP contribution in [0, 0.1) is 0 Å². The van der Waals surface area contributed by atoms with Crippen LogP contribution in [0.25, 0.3) is 10.8 Å². The molecule has 1 fully saturated rings. The molecule has 4 aromatic rings. The van der Waals surface area contributed by atoms with Crippen molar-refractivity contribution < 1.29 is 4.74 Å². The van der Waals surface area contributed by atoms with E-state index in [-0.39, 0.29) is 0 Å². The number of piperidine rings is 1. The number of ether oxygens (including phenoxy) is 1. The summed E-state index contributed by atoms with van der Waals surface area (Å²) in [6, 6.07) is 31.0. The van der Waals surface area contributed by atoms with Gasteiger partial charge in [-0.15, -0.1) is 0 Å². The highest BCUT2D eigenvalue weighted by Crippen LogP contribution is 2.45. The van der Waals surface area contributed by atoms with Gasteiger partial charge in [-0.25, -0.2) is 0 Å². The number of benzene rings is 4. The molecule has 0 aliphatic carbocycles. The van der Waals surface area contributed by atoms with Crippen LogP contribution < -0.4 is 14.7 Å². The first-order chi connectivity index (χ1) is 18.0. The minimum atomic E-state index is -0.754. The third kappa shape index (κ3) is 4.55. The van der Waals surface area contributed by atoms with Crippen molar-refractivity contribution in [1.82, 2.24) is 0 Å². The number of fused-ring (bicyclic) bond motifs is 1. The summed E-state index contributed by atoms with van der Waals surface area (Å²) in [6.45, 7) is 2.24. The smallest absolute Gasteiger partial charge is 0.143 e. The molecule has 1 saturated heterocycles. The monoisotopic (exact) mass is 493 g/mol. The van der Waals surface area contributed by atoms with Crippen LogP contribution in [0.4, 0.5) is 17.1 Å². The molecule has 0 N–H and O–H groups in total. The number of hydrogen-bond donors (Lipinski definition) is 0. The van der Waals surface area contributed by atoms with Crippen molar-refractivity contribution in [2.24, 2.45) is 0 Å². The molecule has 0 atom stereocenters. The van der Waals surface area contributed by atoms with E-state index >= 15 is 0 Å². The Morgan fingerprint density at radius 1 is 0.622 bits per heavy atom. The normalized spacial score (nSPS) is 14.1. The summed E-state index contributed by atoms with van der Waals surface area (Å²) < 4.78 is 6.65. The van der Waals surface area contributed by atoms with Gasteiger partial charge in [0.2, 0.25) is 0 Å². The van der Waals surface area contributed by atoms with E-state index < -0.39 is 5.60 Å². The fourth-order valence-electron chi connectivity index (χ4n) is 5.81. The third-order valence-electron chi connectivity index (χ3n) is 7.86. The van der Waals surface area contributed by atoms with Crippen LogP contribution in [-0.4, -0.2) is 48.4 Å². The molecule has 0 saturated carbocycles. The summed E-state index contributed by atoms with van der Waals surface area (Å²) in [5.74, 6) is 0. The lowest BCUT2D eigenvalue weighted by Crippen LogP contribution is -2.33. The van der Waals surface area contributed by atoms with E-state index in [4.69, 9.17) is 4.74 Å². The maximum Gasteiger partial charge on any atom is 0.143 e. The summed E-state index contributed by atoms with van der Waals surface area (Å²) in [7, 11) is 10.1. The van der Waals surface area contributed by atoms with Crippen molar-refractivity contribution in [2.45, 2.75) is 24.9 Å². The number of anilines is 3. The largest absolute Gasteiger partial charge is 0.378 e. The van der Waals surface area contributed by atoms with E-state index in [9.17, 15) is 0 Å². The van der Waals surface area contributed by atoms with E-state index in [1.54, 1.807) is 0 Å². The van der Waals surface area contributed by atoms with Crippen molar-refractivity contribution in [3.8, 4) is 0 Å². The van der Waals surface area contributed by atoms with Crippen molar-refractivity contribution in [3.63, 3.8) is 0 Å². The van der Waals surface area contributed by atoms with Crippen LogP contribution in [0.3, 0.4) is 0 Å². The lowest BCUT2D eigenvalue weighted by molar-refractivity contribution is 0.0598. The average Bonchev–Trinajstić information content (AvgIpc) is 2.94. The second-order valence-electron chi connectivity index (χ2n) is 10.5. The highest BCUT2D eigenvalue weighted by Gasteiger charge is 2.38. The molecule has 4 aromatic carbocycles. The van der Waals surface area contributed by atoms with Crippen molar-refractivity contribution >= 4 is 27.8 Å². The number of nitrogens with zero attached hydrogens (tertiary/aromatic N) is 3. The predicted octanol–water partition coefficient (Wildman–Crippen LogP) is 6.90. The van der Waals surface area contributed by atoms with Crippen molar-refractivity contribution in [3.05, 3.63) is 102 Å². The topological polar surface area (TPSA) is 19.0 Å². The minimum Gasteiger partial charge on any atom is -0.378 e. The molecule has 192 valence electrons. The molecule has 1 aliphatic rings. The Morgan fingerprint density at radius 2 is 1.14 bits per heavy atom. The molecule has 4 heteroatoms. The second-order valence-corrected chi connectivity index (χ2v) is 10.5. The molecule has 37 heavy (non-hydrogen) atoms. The van der Waals surface area contributed by atoms with E-state index in [1.807, 2.05) is 7.11 Å². The first kappa shape index (κ1) is 25.2. The van der Waals surface area contributed by atoms with Gasteiger partial charge < -0.3 is 19.4 Å². The maximum atomic E-state index is 6.65. The quantitative estimate of drug-likeness (QED) is 0.261. The van der Waals surface area contributed by atoms with Crippen LogP contribution in [-0.2, 0) is 10.3 Å². The zero-order valence-electron chi connectivity index (χ0n) is 22.9. The minimum absolute atomic E-state index is 0.754. The van der Waals surface area contributed by atoms with Crippen molar-refractivity contribution in [2.75, 3.05) is 63.1 Å². The van der Waals surface area contributed by atoms with Gasteiger partial charge in [-0.1, -0.05) is 54.6 Å². The number of hydrogen-bond acceptors (Lipinski definition) is 4. The predicted molar refractivity (Wildman–Crippen MR) is 158 cm³/mol. The van der Waals surface area contributed by atoms with Crippen LogP contribution in [0.2, 0.25) is 0 Å². The average molecular weight is 494 g/mol. The Labute approximate surface area is 222 Å².